The van der Waals surface area contributed by atoms with Gasteiger partial charge in [-0.2, -0.15) is 5.10 Å². The smallest absolute Gasteiger partial charge is 0.255 e. The van der Waals surface area contributed by atoms with Gasteiger partial charge in [-0.15, -0.1) is 5.10 Å². The highest BCUT2D eigenvalue weighted by Gasteiger charge is 2.27. The number of carbonyl (C=O) groups excluding carboxylic acids is 2. The Labute approximate surface area is 196 Å². The number of pyridine rings is 1. The Morgan fingerprint density at radius 3 is 2.62 bits per heavy atom. The Kier molecular flexibility index (Phi) is 6.10. The normalized spacial score (nSPS) is 20.9. The zero-order chi connectivity index (χ0) is 23.7. The number of ether oxygens (including phenoxy) is 2. The number of nitrogens with one attached hydrogen (secondary N) is 1. The van der Waals surface area contributed by atoms with Gasteiger partial charge in [0.1, 0.15) is 11.7 Å². The topological polar surface area (TPSA) is 129 Å². The number of nitrogens with two attached hydrogens (primary N) is 1. The quantitative estimate of drug-likeness (QED) is 0.556. The van der Waals surface area contributed by atoms with Crippen molar-refractivity contribution >= 4 is 23.0 Å². The van der Waals surface area contributed by atoms with Crippen molar-refractivity contribution in [2.45, 2.75) is 37.8 Å². The van der Waals surface area contributed by atoms with Gasteiger partial charge in [0.15, 0.2) is 0 Å². The van der Waals surface area contributed by atoms with E-state index >= 15 is 0 Å². The molecular weight excluding hydrogens is 438 g/mol. The maximum absolute atomic E-state index is 13.0. The molecule has 0 bridgehead atoms. The van der Waals surface area contributed by atoms with Crippen LogP contribution >= 0.6 is 0 Å². The number of hydrogen-bond donors (Lipinski definition) is 2. The van der Waals surface area contributed by atoms with Gasteiger partial charge in [0.05, 0.1) is 42.4 Å². The summed E-state index contributed by atoms with van der Waals surface area (Å²) >= 11 is 0. The predicted octanol–water partition coefficient (Wildman–Crippen LogP) is 1.12. The fraction of sp³-hybridized carbons (Fsp3) is 0.478. The highest BCUT2D eigenvalue weighted by atomic mass is 16.5. The lowest BCUT2D eigenvalue weighted by Gasteiger charge is -2.29. The molecule has 1 aliphatic carbocycles. The highest BCUT2D eigenvalue weighted by molar-refractivity contribution is 6.00. The fourth-order valence-electron chi connectivity index (χ4n) is 4.63. The second kappa shape index (κ2) is 9.34. The number of rotatable bonds is 6. The number of amides is 2. The first-order valence-corrected chi connectivity index (χ1v) is 11.6. The summed E-state index contributed by atoms with van der Waals surface area (Å²) in [5, 5.41) is 11.7. The van der Waals surface area contributed by atoms with E-state index in [-0.39, 0.29) is 29.5 Å². The van der Waals surface area contributed by atoms with Gasteiger partial charge < -0.3 is 25.4 Å². The largest absolute Gasteiger partial charge is 0.473 e. The molecule has 2 aliphatic rings. The van der Waals surface area contributed by atoms with Crippen LogP contribution in [0.5, 0.6) is 5.88 Å². The van der Waals surface area contributed by atoms with Crippen LogP contribution in [0.2, 0.25) is 0 Å². The lowest BCUT2D eigenvalue weighted by atomic mass is 9.92. The maximum Gasteiger partial charge on any atom is 0.255 e. The molecular formula is C23H29N7O4. The van der Waals surface area contributed by atoms with E-state index in [1.165, 1.54) is 4.68 Å². The molecule has 2 fully saturated rings. The molecule has 34 heavy (non-hydrogen) atoms. The molecule has 3 aromatic heterocycles. The average Bonchev–Trinajstić information content (AvgIpc) is 3.43. The third-order valence-electron chi connectivity index (χ3n) is 6.47. The second-order valence-electron chi connectivity index (χ2n) is 8.83. The molecule has 11 nitrogen and oxygen atoms in total. The summed E-state index contributed by atoms with van der Waals surface area (Å²) in [4.78, 5) is 26.8. The number of anilines is 1. The third kappa shape index (κ3) is 4.56. The van der Waals surface area contributed by atoms with E-state index in [4.69, 9.17) is 15.2 Å². The number of hydrogen-bond acceptors (Lipinski definition) is 7. The van der Waals surface area contributed by atoms with E-state index in [1.807, 2.05) is 18.3 Å². The minimum Gasteiger partial charge on any atom is -0.473 e. The van der Waals surface area contributed by atoms with Crippen LogP contribution in [0.4, 0.5) is 5.69 Å². The van der Waals surface area contributed by atoms with E-state index < -0.39 is 5.91 Å². The van der Waals surface area contributed by atoms with Crippen molar-refractivity contribution in [1.29, 1.82) is 0 Å². The molecule has 2 amide bonds. The SMILES string of the molecule is Cn1cc(C(N)=O)c(O[C@H]2CC[C@H](NC(=O)c3cnn4cc(N5CCOCC5)ccc34)CC2)n1. The zero-order valence-corrected chi connectivity index (χ0v) is 19.1. The standard InChI is InChI=1S/C23H29N7O4/c1-28-14-19(21(24)31)23(27-28)34-17-5-2-15(3-6-17)26-22(32)18-12-25-30-13-16(4-7-20(18)30)29-8-10-33-11-9-29/h4,7,12-15,17H,2-3,5-6,8-11H2,1H3,(H2,24,31)(H,26,32)/t15-,17-. The van der Waals surface area contributed by atoms with E-state index in [9.17, 15) is 9.59 Å². The Hall–Kier alpha value is -3.60. The predicted molar refractivity (Wildman–Crippen MR) is 124 cm³/mol. The van der Waals surface area contributed by atoms with Crippen molar-refractivity contribution in [2.24, 2.45) is 12.8 Å². The second-order valence-corrected chi connectivity index (χ2v) is 8.83. The van der Waals surface area contributed by atoms with Crippen LogP contribution in [-0.4, -0.2) is 69.7 Å². The van der Waals surface area contributed by atoms with Crippen molar-refractivity contribution in [3.8, 4) is 5.88 Å². The van der Waals surface area contributed by atoms with Crippen LogP contribution in [0.1, 0.15) is 46.4 Å². The maximum atomic E-state index is 13.0. The number of aromatic nitrogens is 4. The third-order valence-corrected chi connectivity index (χ3v) is 6.47. The van der Waals surface area contributed by atoms with Crippen molar-refractivity contribution in [3.05, 3.63) is 41.9 Å². The van der Waals surface area contributed by atoms with Crippen LogP contribution in [0.3, 0.4) is 0 Å². The van der Waals surface area contributed by atoms with Gasteiger partial charge >= 0.3 is 0 Å². The van der Waals surface area contributed by atoms with Crippen LogP contribution in [0.25, 0.3) is 5.52 Å². The van der Waals surface area contributed by atoms with Gasteiger partial charge in [0.25, 0.3) is 11.8 Å². The molecule has 0 spiro atoms. The molecule has 180 valence electrons. The van der Waals surface area contributed by atoms with Crippen LogP contribution in [0.15, 0.2) is 30.7 Å². The first-order valence-electron chi connectivity index (χ1n) is 11.6. The van der Waals surface area contributed by atoms with Gasteiger partial charge in [-0.3, -0.25) is 14.3 Å². The van der Waals surface area contributed by atoms with E-state index in [0.717, 1.165) is 50.0 Å². The summed E-state index contributed by atoms with van der Waals surface area (Å²) in [7, 11) is 1.72. The monoisotopic (exact) mass is 467 g/mol. The number of carbonyl (C=O) groups is 2. The molecule has 0 atom stereocenters. The summed E-state index contributed by atoms with van der Waals surface area (Å²) in [5.41, 5.74) is 8.09. The van der Waals surface area contributed by atoms with Crippen LogP contribution < -0.4 is 20.7 Å². The molecule has 0 aromatic carbocycles. The summed E-state index contributed by atoms with van der Waals surface area (Å²) in [6, 6.07) is 4.02. The minimum atomic E-state index is -0.561. The lowest BCUT2D eigenvalue weighted by molar-refractivity contribution is 0.0882. The van der Waals surface area contributed by atoms with E-state index in [1.54, 1.807) is 24.0 Å². The lowest BCUT2D eigenvalue weighted by Crippen LogP contribution is -2.39. The van der Waals surface area contributed by atoms with Gasteiger partial charge in [-0.25, -0.2) is 4.52 Å². The van der Waals surface area contributed by atoms with E-state index in [2.05, 4.69) is 20.4 Å². The number of morpholine rings is 1. The Morgan fingerprint density at radius 2 is 1.88 bits per heavy atom. The fourth-order valence-corrected chi connectivity index (χ4v) is 4.63. The summed E-state index contributed by atoms with van der Waals surface area (Å²) < 4.78 is 14.6. The average molecular weight is 468 g/mol. The van der Waals surface area contributed by atoms with Crippen molar-refractivity contribution in [1.82, 2.24) is 24.7 Å². The minimum absolute atomic E-state index is 0.0502. The van der Waals surface area contributed by atoms with Crippen molar-refractivity contribution in [2.75, 3.05) is 31.2 Å². The first-order chi connectivity index (χ1) is 16.5. The molecule has 5 rings (SSSR count). The Balaban J connectivity index is 1.18. The summed E-state index contributed by atoms with van der Waals surface area (Å²) in [5.74, 6) is -0.418. The molecule has 3 N–H and O–H groups in total. The number of fused-ring (bicyclic) bond motifs is 1. The number of nitrogens with zero attached hydrogens (tertiary/aromatic N) is 5. The molecule has 1 saturated carbocycles. The molecule has 4 heterocycles. The zero-order valence-electron chi connectivity index (χ0n) is 19.1. The van der Waals surface area contributed by atoms with Gasteiger partial charge in [0.2, 0.25) is 5.88 Å². The Morgan fingerprint density at radius 1 is 1.12 bits per heavy atom. The molecule has 0 unspecified atom stereocenters. The van der Waals surface area contributed by atoms with Gasteiger partial charge in [-0.05, 0) is 37.8 Å². The Bertz CT molecular complexity index is 1190. The number of primary amides is 1. The van der Waals surface area contributed by atoms with E-state index in [0.29, 0.717) is 18.8 Å². The van der Waals surface area contributed by atoms with Crippen molar-refractivity contribution < 1.29 is 19.1 Å². The summed E-state index contributed by atoms with van der Waals surface area (Å²) in [6.07, 6.45) is 8.10. The van der Waals surface area contributed by atoms with Crippen molar-refractivity contribution in [3.63, 3.8) is 0 Å². The molecule has 1 saturated heterocycles. The first kappa shape index (κ1) is 22.2. The molecule has 3 aromatic rings. The van der Waals surface area contributed by atoms with Gasteiger partial charge in [0, 0.05) is 32.4 Å². The molecule has 11 heteroatoms. The van der Waals surface area contributed by atoms with Crippen LogP contribution in [-0.2, 0) is 11.8 Å². The van der Waals surface area contributed by atoms with Gasteiger partial charge in [-0.1, -0.05) is 0 Å². The molecule has 1 aliphatic heterocycles. The van der Waals surface area contributed by atoms with Crippen LogP contribution in [0, 0.1) is 0 Å². The highest BCUT2D eigenvalue weighted by Crippen LogP contribution is 2.26. The number of aryl methyl sites for hydroxylation is 1. The molecule has 0 radical (unpaired) electrons. The summed E-state index contributed by atoms with van der Waals surface area (Å²) in [6.45, 7) is 3.12.